The number of benzene rings is 2. The Morgan fingerprint density at radius 2 is 0.761 bits per heavy atom. The molecule has 6 nitrogen and oxygen atoms in total. The third kappa shape index (κ3) is 16.7. The van der Waals surface area contributed by atoms with Crippen LogP contribution in [-0.2, 0) is 0 Å². The monoisotopic (exact) mass is 635 g/mol. The fraction of sp³-hybridized carbons (Fsp3) is 0.650. The van der Waals surface area contributed by atoms with Gasteiger partial charge in [0.25, 0.3) is 11.8 Å². The molecule has 2 N–H and O–H groups in total. The molecule has 2 rings (SSSR count). The van der Waals surface area contributed by atoms with E-state index in [1.165, 1.54) is 89.9 Å². The molecule has 0 heterocycles. The summed E-state index contributed by atoms with van der Waals surface area (Å²) < 4.78 is 0. The molecular weight excluding hydrogens is 568 g/mol. The molecule has 0 saturated carbocycles. The summed E-state index contributed by atoms with van der Waals surface area (Å²) in [5.41, 5.74) is 3.41. The Bertz CT molecular complexity index is 968. The van der Waals surface area contributed by atoms with Gasteiger partial charge in [0.15, 0.2) is 0 Å². The number of unbranched alkanes of at least 4 members (excludes halogenated alkanes) is 10. The van der Waals surface area contributed by atoms with Crippen molar-refractivity contribution >= 4 is 11.8 Å². The molecule has 2 amide bonds. The second-order valence-electron chi connectivity index (χ2n) is 12.9. The van der Waals surface area contributed by atoms with Gasteiger partial charge in [-0.05, 0) is 87.3 Å². The third-order valence-electron chi connectivity index (χ3n) is 8.87. The van der Waals surface area contributed by atoms with Crippen LogP contribution in [0.1, 0.15) is 138 Å². The summed E-state index contributed by atoms with van der Waals surface area (Å²) in [5.74, 6) is -0.0524. The molecule has 46 heavy (non-hydrogen) atoms. The number of amides is 2. The lowest BCUT2D eigenvalue weighted by molar-refractivity contribution is 0.0939. The van der Waals surface area contributed by atoms with Crippen molar-refractivity contribution in [2.24, 2.45) is 0 Å². The first kappa shape index (κ1) is 39.5. The van der Waals surface area contributed by atoms with Crippen LogP contribution in [0.5, 0.6) is 0 Å². The number of carbonyl (C=O) groups excluding carboxylic acids is 2. The number of rotatable bonds is 27. The van der Waals surface area contributed by atoms with Crippen LogP contribution in [0.25, 0.3) is 11.1 Å². The minimum absolute atomic E-state index is 0.0262. The van der Waals surface area contributed by atoms with Gasteiger partial charge in [0.2, 0.25) is 0 Å². The minimum atomic E-state index is -0.0262. The van der Waals surface area contributed by atoms with Crippen LogP contribution in [0.2, 0.25) is 0 Å². The summed E-state index contributed by atoms with van der Waals surface area (Å²) in [6, 6.07) is 15.5. The van der Waals surface area contributed by atoms with Gasteiger partial charge >= 0.3 is 0 Å². The summed E-state index contributed by atoms with van der Waals surface area (Å²) in [5, 5.41) is 6.24. The van der Waals surface area contributed by atoms with Crippen molar-refractivity contribution in [3.8, 4) is 11.1 Å². The molecule has 258 valence electrons. The van der Waals surface area contributed by atoms with Crippen molar-refractivity contribution in [3.05, 3.63) is 59.7 Å². The van der Waals surface area contributed by atoms with Gasteiger partial charge in [0.05, 0.1) is 0 Å². The lowest BCUT2D eigenvalue weighted by atomic mass is 10.0. The summed E-state index contributed by atoms with van der Waals surface area (Å²) in [6.45, 7) is 16.5. The molecule has 6 heteroatoms. The first-order valence-corrected chi connectivity index (χ1v) is 18.7. The highest BCUT2D eigenvalue weighted by Gasteiger charge is 2.11. The number of hydrogen-bond donors (Lipinski definition) is 2. The van der Waals surface area contributed by atoms with Gasteiger partial charge in [-0.25, -0.2) is 0 Å². The van der Waals surface area contributed by atoms with Gasteiger partial charge in [0.1, 0.15) is 0 Å². The van der Waals surface area contributed by atoms with E-state index in [-0.39, 0.29) is 11.8 Å². The molecule has 0 saturated heterocycles. The van der Waals surface area contributed by atoms with Gasteiger partial charge in [-0.2, -0.15) is 0 Å². The van der Waals surface area contributed by atoms with E-state index in [0.29, 0.717) is 24.2 Å². The summed E-state index contributed by atoms with van der Waals surface area (Å²) in [6.07, 6.45) is 17.7. The standard InChI is InChI=1S/C40H66N4O2/c1-5-9-13-15-17-31-43(29-11-7-3)33-27-41-39(45)37-23-19-35(20-24-37)36-21-25-38(26-22-36)40(46)42-28-34-44(30-12-8-4)32-18-16-14-10-6-2/h19-26H,5-18,27-34H2,1-4H3,(H,41,45)(H,42,46). The molecule has 2 aromatic rings. The highest BCUT2D eigenvalue weighted by Crippen LogP contribution is 2.20. The molecular formula is C40H66N4O2. The zero-order chi connectivity index (χ0) is 33.2. The average molecular weight is 635 g/mol. The van der Waals surface area contributed by atoms with E-state index in [1.807, 2.05) is 48.5 Å². The average Bonchev–Trinajstić information content (AvgIpc) is 3.08. The molecule has 0 aliphatic rings. The Morgan fingerprint density at radius 3 is 1.11 bits per heavy atom. The molecule has 0 atom stereocenters. The van der Waals surface area contributed by atoms with Crippen molar-refractivity contribution < 1.29 is 9.59 Å². The topological polar surface area (TPSA) is 64.7 Å². The van der Waals surface area contributed by atoms with E-state index in [0.717, 1.165) is 50.4 Å². The maximum atomic E-state index is 12.8. The van der Waals surface area contributed by atoms with E-state index < -0.39 is 0 Å². The molecule has 0 aliphatic carbocycles. The molecule has 0 radical (unpaired) electrons. The fourth-order valence-electron chi connectivity index (χ4n) is 5.80. The maximum Gasteiger partial charge on any atom is 0.251 e. The zero-order valence-electron chi connectivity index (χ0n) is 29.9. The normalized spacial score (nSPS) is 11.3. The van der Waals surface area contributed by atoms with Gasteiger partial charge < -0.3 is 20.4 Å². The van der Waals surface area contributed by atoms with Gasteiger partial charge in [-0.1, -0.05) is 116 Å². The van der Waals surface area contributed by atoms with Gasteiger partial charge in [-0.3, -0.25) is 9.59 Å². The summed E-state index contributed by atoms with van der Waals surface area (Å²) >= 11 is 0. The van der Waals surface area contributed by atoms with Crippen LogP contribution in [0.3, 0.4) is 0 Å². The summed E-state index contributed by atoms with van der Waals surface area (Å²) in [7, 11) is 0. The quantitative estimate of drug-likeness (QED) is 0.0963. The molecule has 0 bridgehead atoms. The van der Waals surface area contributed by atoms with Crippen LogP contribution in [-0.4, -0.2) is 74.0 Å². The minimum Gasteiger partial charge on any atom is -0.351 e. The zero-order valence-corrected chi connectivity index (χ0v) is 29.9. The largest absolute Gasteiger partial charge is 0.351 e. The van der Waals surface area contributed by atoms with Crippen LogP contribution < -0.4 is 10.6 Å². The van der Waals surface area contributed by atoms with Crippen LogP contribution in [0, 0.1) is 0 Å². The van der Waals surface area contributed by atoms with E-state index >= 15 is 0 Å². The van der Waals surface area contributed by atoms with E-state index in [2.05, 4.69) is 48.1 Å². The third-order valence-corrected chi connectivity index (χ3v) is 8.87. The lowest BCUT2D eigenvalue weighted by Crippen LogP contribution is -2.36. The van der Waals surface area contributed by atoms with Gasteiger partial charge in [-0.15, -0.1) is 0 Å². The smallest absolute Gasteiger partial charge is 0.251 e. The SMILES string of the molecule is CCCCCCCN(CCCC)CCNC(=O)c1ccc(-c2ccc(C(=O)NCCN(CCCC)CCCCCCC)cc2)cc1. The van der Waals surface area contributed by atoms with Crippen molar-refractivity contribution in [1.29, 1.82) is 0 Å². The second-order valence-corrected chi connectivity index (χ2v) is 12.9. The first-order chi connectivity index (χ1) is 22.5. The van der Waals surface area contributed by atoms with Crippen molar-refractivity contribution in [1.82, 2.24) is 20.4 Å². The van der Waals surface area contributed by atoms with E-state index in [4.69, 9.17) is 0 Å². The molecule has 0 aromatic heterocycles. The van der Waals surface area contributed by atoms with Crippen LogP contribution >= 0.6 is 0 Å². The van der Waals surface area contributed by atoms with Crippen molar-refractivity contribution in [2.45, 2.75) is 118 Å². The Kier molecular flexibility index (Phi) is 21.8. The first-order valence-electron chi connectivity index (χ1n) is 18.7. The number of nitrogens with zero attached hydrogens (tertiary/aromatic N) is 2. The molecule has 0 aliphatic heterocycles. The predicted molar refractivity (Wildman–Crippen MR) is 197 cm³/mol. The molecule has 0 unspecified atom stereocenters. The van der Waals surface area contributed by atoms with Crippen LogP contribution in [0.15, 0.2) is 48.5 Å². The predicted octanol–water partition coefficient (Wildman–Crippen LogP) is 8.96. The summed E-state index contributed by atoms with van der Waals surface area (Å²) in [4.78, 5) is 30.7. The maximum absolute atomic E-state index is 12.8. The van der Waals surface area contributed by atoms with Crippen LogP contribution in [0.4, 0.5) is 0 Å². The Hall–Kier alpha value is -2.70. The highest BCUT2D eigenvalue weighted by molar-refractivity contribution is 5.95. The highest BCUT2D eigenvalue weighted by atomic mass is 16.2. The Labute approximate surface area is 282 Å². The Balaban J connectivity index is 1.79. The number of nitrogens with one attached hydrogen (secondary N) is 2. The van der Waals surface area contributed by atoms with E-state index in [9.17, 15) is 9.59 Å². The number of carbonyl (C=O) groups is 2. The fourth-order valence-corrected chi connectivity index (χ4v) is 5.80. The molecule has 2 aromatic carbocycles. The second kappa shape index (κ2) is 25.4. The molecule has 0 spiro atoms. The molecule has 0 fully saturated rings. The van der Waals surface area contributed by atoms with E-state index in [1.54, 1.807) is 0 Å². The van der Waals surface area contributed by atoms with Crippen molar-refractivity contribution in [3.63, 3.8) is 0 Å². The number of hydrogen-bond acceptors (Lipinski definition) is 4. The van der Waals surface area contributed by atoms with Crippen molar-refractivity contribution in [2.75, 3.05) is 52.4 Å². The van der Waals surface area contributed by atoms with Gasteiger partial charge in [0, 0.05) is 37.3 Å². The Morgan fingerprint density at radius 1 is 0.435 bits per heavy atom. The lowest BCUT2D eigenvalue weighted by Gasteiger charge is -2.22.